The van der Waals surface area contributed by atoms with Crippen LogP contribution in [0.5, 0.6) is 0 Å². The molecule has 0 aliphatic carbocycles. The summed E-state index contributed by atoms with van der Waals surface area (Å²) in [7, 11) is 0. The van der Waals surface area contributed by atoms with Crippen LogP contribution in [0.2, 0.25) is 0 Å². The Morgan fingerprint density at radius 2 is 1.71 bits per heavy atom. The van der Waals surface area contributed by atoms with Crippen LogP contribution >= 0.6 is 0 Å². The fourth-order valence-corrected chi connectivity index (χ4v) is 2.68. The molecule has 0 saturated carbocycles. The molecular formula is C17H16N2O2. The van der Waals surface area contributed by atoms with Crippen LogP contribution < -0.4 is 11.1 Å². The van der Waals surface area contributed by atoms with Crippen LogP contribution in [0.4, 0.5) is 0 Å². The number of aryl methyl sites for hydroxylation is 2. The highest BCUT2D eigenvalue weighted by atomic mass is 16.2. The van der Waals surface area contributed by atoms with E-state index in [0.717, 1.165) is 23.2 Å². The molecule has 3 aromatic rings. The molecule has 0 unspecified atom stereocenters. The Labute approximate surface area is 121 Å². The Kier molecular flexibility index (Phi) is 3.22. The van der Waals surface area contributed by atoms with E-state index in [4.69, 9.17) is 0 Å². The van der Waals surface area contributed by atoms with E-state index < -0.39 is 0 Å². The van der Waals surface area contributed by atoms with E-state index in [9.17, 15) is 9.59 Å². The number of benzene rings is 2. The van der Waals surface area contributed by atoms with Crippen molar-refractivity contribution in [3.05, 3.63) is 74.3 Å². The summed E-state index contributed by atoms with van der Waals surface area (Å²) in [6.07, 6.45) is 0.790. The summed E-state index contributed by atoms with van der Waals surface area (Å²) in [6, 6.07) is 12.8. The molecular weight excluding hydrogens is 264 g/mol. The fraction of sp³-hybridized carbons (Fsp3) is 0.176. The number of aromatic nitrogens is 2. The maximum atomic E-state index is 12.7. The van der Waals surface area contributed by atoms with Crippen molar-refractivity contribution < 1.29 is 0 Å². The molecule has 1 aromatic heterocycles. The number of hydrogen-bond acceptors (Lipinski definition) is 2. The lowest BCUT2D eigenvalue weighted by atomic mass is 10.1. The molecule has 0 saturated heterocycles. The second-order valence-electron chi connectivity index (χ2n) is 5.06. The van der Waals surface area contributed by atoms with E-state index in [0.29, 0.717) is 10.8 Å². The lowest BCUT2D eigenvalue weighted by molar-refractivity contribution is 0.785. The van der Waals surface area contributed by atoms with Crippen molar-refractivity contribution >= 4 is 10.8 Å². The van der Waals surface area contributed by atoms with Crippen LogP contribution in [0.15, 0.2) is 52.1 Å². The maximum Gasteiger partial charge on any atom is 0.277 e. The lowest BCUT2D eigenvalue weighted by Gasteiger charge is -2.14. The Morgan fingerprint density at radius 3 is 2.43 bits per heavy atom. The molecule has 0 fully saturated rings. The molecule has 0 amide bonds. The number of nitrogens with zero attached hydrogens (tertiary/aromatic N) is 1. The molecule has 3 rings (SSSR count). The predicted octanol–water partition coefficient (Wildman–Crippen LogP) is 2.55. The normalized spacial score (nSPS) is 11.0. The van der Waals surface area contributed by atoms with Crippen molar-refractivity contribution in [1.29, 1.82) is 0 Å². The SMILES string of the molecule is CCc1cccc(C)c1-n1[nH]c(=O)c2ccccc2c1=O. The summed E-state index contributed by atoms with van der Waals surface area (Å²) < 4.78 is 1.37. The second kappa shape index (κ2) is 5.05. The molecule has 2 aromatic carbocycles. The number of fused-ring (bicyclic) bond motifs is 1. The largest absolute Gasteiger partial charge is 0.277 e. The summed E-state index contributed by atoms with van der Waals surface area (Å²) in [5.74, 6) is 0. The van der Waals surface area contributed by atoms with Gasteiger partial charge in [-0.05, 0) is 36.6 Å². The molecule has 0 atom stereocenters. The zero-order valence-corrected chi connectivity index (χ0v) is 12.0. The monoisotopic (exact) mass is 280 g/mol. The first-order valence-corrected chi connectivity index (χ1v) is 6.96. The first-order valence-electron chi connectivity index (χ1n) is 6.96. The van der Waals surface area contributed by atoms with Crippen LogP contribution in [-0.2, 0) is 6.42 Å². The van der Waals surface area contributed by atoms with Crippen molar-refractivity contribution in [3.8, 4) is 5.69 Å². The number of H-pyrrole nitrogens is 1. The van der Waals surface area contributed by atoms with Crippen molar-refractivity contribution in [2.45, 2.75) is 20.3 Å². The number of para-hydroxylation sites is 1. The minimum absolute atomic E-state index is 0.200. The van der Waals surface area contributed by atoms with Gasteiger partial charge in [-0.15, -0.1) is 0 Å². The number of aromatic amines is 1. The van der Waals surface area contributed by atoms with E-state index in [1.54, 1.807) is 24.3 Å². The van der Waals surface area contributed by atoms with Gasteiger partial charge in [-0.25, -0.2) is 4.68 Å². The molecule has 4 heteroatoms. The van der Waals surface area contributed by atoms with Gasteiger partial charge in [0.25, 0.3) is 11.1 Å². The molecule has 0 aliphatic heterocycles. The number of rotatable bonds is 2. The van der Waals surface area contributed by atoms with E-state index >= 15 is 0 Å². The van der Waals surface area contributed by atoms with Gasteiger partial charge in [-0.1, -0.05) is 37.3 Å². The number of hydrogen-bond donors (Lipinski definition) is 1. The smallest absolute Gasteiger partial charge is 0.267 e. The van der Waals surface area contributed by atoms with Gasteiger partial charge < -0.3 is 0 Å². The van der Waals surface area contributed by atoms with E-state index in [1.807, 2.05) is 32.0 Å². The van der Waals surface area contributed by atoms with Crippen LogP contribution in [-0.4, -0.2) is 9.78 Å². The molecule has 0 radical (unpaired) electrons. The molecule has 0 bridgehead atoms. The average molecular weight is 280 g/mol. The van der Waals surface area contributed by atoms with Gasteiger partial charge in [-0.3, -0.25) is 14.7 Å². The summed E-state index contributed by atoms with van der Waals surface area (Å²) in [6.45, 7) is 3.97. The van der Waals surface area contributed by atoms with Crippen LogP contribution in [0.3, 0.4) is 0 Å². The molecule has 4 nitrogen and oxygen atoms in total. The summed E-state index contributed by atoms with van der Waals surface area (Å²) in [5.41, 5.74) is 2.31. The first-order chi connectivity index (χ1) is 10.1. The van der Waals surface area contributed by atoms with Crippen molar-refractivity contribution in [2.24, 2.45) is 0 Å². The summed E-state index contributed by atoms with van der Waals surface area (Å²) in [5, 5.41) is 3.56. The van der Waals surface area contributed by atoms with Crippen LogP contribution in [0, 0.1) is 6.92 Å². The van der Waals surface area contributed by atoms with E-state index in [2.05, 4.69) is 5.10 Å². The van der Waals surface area contributed by atoms with Gasteiger partial charge in [0.05, 0.1) is 16.5 Å². The van der Waals surface area contributed by atoms with Gasteiger partial charge in [-0.2, -0.15) is 0 Å². The Hall–Kier alpha value is -2.62. The molecule has 0 aliphatic rings. The van der Waals surface area contributed by atoms with Gasteiger partial charge in [0.1, 0.15) is 0 Å². The highest BCUT2D eigenvalue weighted by Crippen LogP contribution is 2.18. The minimum atomic E-state index is -0.254. The Balaban J connectivity index is 2.46. The van der Waals surface area contributed by atoms with Crippen molar-refractivity contribution in [3.63, 3.8) is 0 Å². The van der Waals surface area contributed by atoms with Crippen LogP contribution in [0.25, 0.3) is 16.5 Å². The second-order valence-corrected chi connectivity index (χ2v) is 5.06. The van der Waals surface area contributed by atoms with Gasteiger partial charge in [0, 0.05) is 0 Å². The molecule has 21 heavy (non-hydrogen) atoms. The zero-order valence-electron chi connectivity index (χ0n) is 12.0. The third-order valence-electron chi connectivity index (χ3n) is 3.74. The van der Waals surface area contributed by atoms with E-state index in [1.165, 1.54) is 4.68 Å². The van der Waals surface area contributed by atoms with E-state index in [-0.39, 0.29) is 11.1 Å². The van der Waals surface area contributed by atoms with Gasteiger partial charge in [0.15, 0.2) is 0 Å². The predicted molar refractivity (Wildman–Crippen MR) is 84.3 cm³/mol. The molecule has 1 N–H and O–H groups in total. The third-order valence-corrected chi connectivity index (χ3v) is 3.74. The first kappa shape index (κ1) is 13.4. The molecule has 1 heterocycles. The fourth-order valence-electron chi connectivity index (χ4n) is 2.68. The number of nitrogens with one attached hydrogen (secondary N) is 1. The highest BCUT2D eigenvalue weighted by molar-refractivity contribution is 5.80. The van der Waals surface area contributed by atoms with Crippen LogP contribution in [0.1, 0.15) is 18.1 Å². The quantitative estimate of drug-likeness (QED) is 0.784. The van der Waals surface area contributed by atoms with Crippen molar-refractivity contribution in [2.75, 3.05) is 0 Å². The van der Waals surface area contributed by atoms with Gasteiger partial charge >= 0.3 is 0 Å². The summed E-state index contributed by atoms with van der Waals surface area (Å²) in [4.78, 5) is 24.9. The topological polar surface area (TPSA) is 54.9 Å². The highest BCUT2D eigenvalue weighted by Gasteiger charge is 2.12. The maximum absolute atomic E-state index is 12.7. The van der Waals surface area contributed by atoms with Gasteiger partial charge in [0.2, 0.25) is 0 Å². The van der Waals surface area contributed by atoms with Crippen molar-refractivity contribution in [1.82, 2.24) is 9.78 Å². The summed E-state index contributed by atoms with van der Waals surface area (Å²) >= 11 is 0. The average Bonchev–Trinajstić information content (AvgIpc) is 2.51. The zero-order chi connectivity index (χ0) is 15.0. The Morgan fingerprint density at radius 1 is 1.00 bits per heavy atom. The Bertz CT molecular complexity index is 935. The molecule has 106 valence electrons. The lowest BCUT2D eigenvalue weighted by Crippen LogP contribution is -2.29. The third kappa shape index (κ3) is 2.09. The molecule has 0 spiro atoms. The standard InChI is InChI=1S/C17H16N2O2/c1-3-12-8-6-7-11(2)15(12)19-17(21)14-10-5-4-9-13(14)16(20)18-19/h4-10H,3H2,1-2H3,(H,18,20). The minimum Gasteiger partial charge on any atom is -0.267 e.